The van der Waals surface area contributed by atoms with Crippen molar-refractivity contribution in [2.24, 2.45) is 0 Å². The fourth-order valence-corrected chi connectivity index (χ4v) is 3.20. The van der Waals surface area contributed by atoms with Crippen molar-refractivity contribution in [3.63, 3.8) is 0 Å². The highest BCUT2D eigenvalue weighted by atomic mass is 35.5. The molecule has 2 N–H and O–H groups in total. The fraction of sp³-hybridized carbons (Fsp3) is 0.538. The van der Waals surface area contributed by atoms with Gasteiger partial charge in [0.15, 0.2) is 0 Å². The third-order valence-electron chi connectivity index (χ3n) is 3.00. The smallest absolute Gasteiger partial charge is 0.279 e. The van der Waals surface area contributed by atoms with Crippen LogP contribution in [0.1, 0.15) is 12.0 Å². The first-order valence-electron chi connectivity index (χ1n) is 6.66. The lowest BCUT2D eigenvalue weighted by Gasteiger charge is -2.17. The predicted molar refractivity (Wildman–Crippen MR) is 88.3 cm³/mol. The highest BCUT2D eigenvalue weighted by molar-refractivity contribution is 7.87. The number of rotatable bonds is 9. The zero-order valence-electron chi connectivity index (χ0n) is 12.2. The molecule has 1 aromatic carbocycles. The molecule has 120 valence electrons. The average molecular weight is 354 g/mol. The lowest BCUT2D eigenvalue weighted by molar-refractivity contribution is 0.448. The number of nitrogens with one attached hydrogen (secondary N) is 2. The van der Waals surface area contributed by atoms with Crippen LogP contribution >= 0.6 is 23.2 Å². The Bertz CT molecular complexity index is 552. The van der Waals surface area contributed by atoms with Crippen LogP contribution in [0.3, 0.4) is 0 Å². The van der Waals surface area contributed by atoms with Crippen LogP contribution in [0.15, 0.2) is 18.2 Å². The van der Waals surface area contributed by atoms with Gasteiger partial charge in [-0.05, 0) is 44.1 Å². The Labute approximate surface area is 136 Å². The first-order valence-corrected chi connectivity index (χ1v) is 8.86. The molecule has 1 aromatic rings. The highest BCUT2D eigenvalue weighted by Gasteiger charge is 2.16. The van der Waals surface area contributed by atoms with Crippen LogP contribution in [0, 0.1) is 0 Å². The predicted octanol–water partition coefficient (Wildman–Crippen LogP) is 1.91. The van der Waals surface area contributed by atoms with Gasteiger partial charge in [-0.3, -0.25) is 0 Å². The highest BCUT2D eigenvalue weighted by Crippen LogP contribution is 2.21. The maximum Gasteiger partial charge on any atom is 0.279 e. The van der Waals surface area contributed by atoms with Crippen molar-refractivity contribution in [1.29, 1.82) is 0 Å². The lowest BCUT2D eigenvalue weighted by atomic mass is 10.1. The standard InChI is InChI=1S/C13H21Cl2N3O2S/c1-16-7-3-9-18(2)21(19,20)17-8-6-11-4-5-12(14)10-13(11)15/h4-5,10,16-17H,3,6-9H2,1-2H3. The molecule has 0 spiro atoms. The van der Waals surface area contributed by atoms with Gasteiger partial charge in [-0.15, -0.1) is 0 Å². The van der Waals surface area contributed by atoms with Gasteiger partial charge in [-0.1, -0.05) is 29.3 Å². The summed E-state index contributed by atoms with van der Waals surface area (Å²) >= 11 is 11.9. The van der Waals surface area contributed by atoms with Crippen LogP contribution in [-0.4, -0.2) is 46.5 Å². The summed E-state index contributed by atoms with van der Waals surface area (Å²) in [5.74, 6) is 0. The minimum absolute atomic E-state index is 0.292. The van der Waals surface area contributed by atoms with Crippen molar-refractivity contribution in [3.8, 4) is 0 Å². The minimum atomic E-state index is -3.45. The Hall–Kier alpha value is -0.370. The van der Waals surface area contributed by atoms with Crippen molar-refractivity contribution < 1.29 is 8.42 Å². The minimum Gasteiger partial charge on any atom is -0.320 e. The molecule has 0 saturated heterocycles. The van der Waals surface area contributed by atoms with Gasteiger partial charge in [0, 0.05) is 30.2 Å². The maximum atomic E-state index is 12.0. The van der Waals surface area contributed by atoms with E-state index in [9.17, 15) is 8.42 Å². The Morgan fingerprint density at radius 2 is 1.95 bits per heavy atom. The maximum absolute atomic E-state index is 12.0. The molecule has 21 heavy (non-hydrogen) atoms. The van der Waals surface area contributed by atoms with Crippen molar-refractivity contribution >= 4 is 33.4 Å². The first kappa shape index (κ1) is 18.7. The second kappa shape index (κ2) is 8.92. The van der Waals surface area contributed by atoms with Crippen LogP contribution in [-0.2, 0) is 16.6 Å². The molecule has 0 radical (unpaired) electrons. The molecule has 0 amide bonds. The van der Waals surface area contributed by atoms with Gasteiger partial charge >= 0.3 is 0 Å². The van der Waals surface area contributed by atoms with Gasteiger partial charge in [0.1, 0.15) is 0 Å². The van der Waals surface area contributed by atoms with Gasteiger partial charge in [-0.25, -0.2) is 4.72 Å². The van der Waals surface area contributed by atoms with E-state index in [4.69, 9.17) is 23.2 Å². The molecule has 8 heteroatoms. The summed E-state index contributed by atoms with van der Waals surface area (Å²) in [6, 6.07) is 5.19. The Balaban J connectivity index is 2.46. The number of hydrogen-bond acceptors (Lipinski definition) is 3. The number of benzene rings is 1. The average Bonchev–Trinajstić information content (AvgIpc) is 2.41. The molecule has 0 bridgehead atoms. The molecule has 0 fully saturated rings. The molecule has 0 heterocycles. The van der Waals surface area contributed by atoms with E-state index in [2.05, 4.69) is 10.0 Å². The molecule has 0 aliphatic heterocycles. The van der Waals surface area contributed by atoms with Gasteiger partial charge < -0.3 is 5.32 Å². The Kier molecular flexibility index (Phi) is 7.94. The third-order valence-corrected chi connectivity index (χ3v) is 5.16. The number of nitrogens with zero attached hydrogens (tertiary/aromatic N) is 1. The van der Waals surface area contributed by atoms with E-state index in [0.29, 0.717) is 29.6 Å². The third kappa shape index (κ3) is 6.50. The number of halogens is 2. The Morgan fingerprint density at radius 3 is 2.57 bits per heavy atom. The second-order valence-corrected chi connectivity index (χ2v) is 7.37. The van der Waals surface area contributed by atoms with E-state index in [1.807, 2.05) is 7.05 Å². The summed E-state index contributed by atoms with van der Waals surface area (Å²) in [5.41, 5.74) is 0.863. The van der Waals surface area contributed by atoms with Gasteiger partial charge in [-0.2, -0.15) is 12.7 Å². The summed E-state index contributed by atoms with van der Waals surface area (Å²) < 4.78 is 27.9. The summed E-state index contributed by atoms with van der Waals surface area (Å²) in [6.07, 6.45) is 1.27. The van der Waals surface area contributed by atoms with Crippen molar-refractivity contribution in [1.82, 2.24) is 14.3 Å². The van der Waals surface area contributed by atoms with E-state index in [1.165, 1.54) is 4.31 Å². The van der Waals surface area contributed by atoms with Crippen molar-refractivity contribution in [3.05, 3.63) is 33.8 Å². The molecule has 0 saturated carbocycles. The zero-order chi connectivity index (χ0) is 15.9. The monoisotopic (exact) mass is 353 g/mol. The van der Waals surface area contributed by atoms with Crippen molar-refractivity contribution in [2.75, 3.05) is 33.7 Å². The molecule has 0 unspecified atom stereocenters. The molecular weight excluding hydrogens is 333 g/mol. The SMILES string of the molecule is CNCCCN(C)S(=O)(=O)NCCc1ccc(Cl)cc1Cl. The largest absolute Gasteiger partial charge is 0.320 e. The molecule has 0 aromatic heterocycles. The molecule has 1 rings (SSSR count). The first-order chi connectivity index (χ1) is 9.86. The van der Waals surface area contributed by atoms with Crippen LogP contribution in [0.5, 0.6) is 0 Å². The second-order valence-electron chi connectivity index (χ2n) is 4.66. The van der Waals surface area contributed by atoms with E-state index in [-0.39, 0.29) is 0 Å². The van der Waals surface area contributed by atoms with Gasteiger partial charge in [0.05, 0.1) is 0 Å². The quantitative estimate of drug-likeness (QED) is 0.666. The molecular formula is C13H21Cl2N3O2S. The fourth-order valence-electron chi connectivity index (χ4n) is 1.75. The van der Waals surface area contributed by atoms with E-state index >= 15 is 0 Å². The molecule has 0 aliphatic rings. The Morgan fingerprint density at radius 1 is 1.24 bits per heavy atom. The molecule has 0 atom stereocenters. The summed E-state index contributed by atoms with van der Waals surface area (Å²) in [6.45, 7) is 1.54. The normalized spacial score (nSPS) is 12.0. The molecule has 0 aliphatic carbocycles. The van der Waals surface area contributed by atoms with E-state index < -0.39 is 10.2 Å². The van der Waals surface area contributed by atoms with Crippen LogP contribution in [0.25, 0.3) is 0 Å². The number of hydrogen-bond donors (Lipinski definition) is 2. The van der Waals surface area contributed by atoms with Crippen LogP contribution in [0.2, 0.25) is 10.0 Å². The summed E-state index contributed by atoms with van der Waals surface area (Å²) in [5, 5.41) is 4.09. The zero-order valence-corrected chi connectivity index (χ0v) is 14.5. The van der Waals surface area contributed by atoms with Crippen LogP contribution in [0.4, 0.5) is 0 Å². The topological polar surface area (TPSA) is 61.4 Å². The van der Waals surface area contributed by atoms with Gasteiger partial charge in [0.2, 0.25) is 0 Å². The van der Waals surface area contributed by atoms with E-state index in [0.717, 1.165) is 18.5 Å². The van der Waals surface area contributed by atoms with Crippen LogP contribution < -0.4 is 10.0 Å². The van der Waals surface area contributed by atoms with Gasteiger partial charge in [0.25, 0.3) is 10.2 Å². The summed E-state index contributed by atoms with van der Waals surface area (Å²) in [7, 11) is -0.0468. The lowest BCUT2D eigenvalue weighted by Crippen LogP contribution is -2.40. The summed E-state index contributed by atoms with van der Waals surface area (Å²) in [4.78, 5) is 0. The molecule has 5 nitrogen and oxygen atoms in total. The van der Waals surface area contributed by atoms with Crippen molar-refractivity contribution in [2.45, 2.75) is 12.8 Å². The van der Waals surface area contributed by atoms with E-state index in [1.54, 1.807) is 25.2 Å².